The van der Waals surface area contributed by atoms with Crippen LogP contribution in [0.5, 0.6) is 0 Å². The maximum Gasteiger partial charge on any atom is 0.344 e. The molecule has 0 spiro atoms. The lowest BCUT2D eigenvalue weighted by atomic mass is 10.0. The Hall–Kier alpha value is -2.13. The predicted molar refractivity (Wildman–Crippen MR) is 95.2 cm³/mol. The van der Waals surface area contributed by atoms with Crippen LogP contribution in [0.25, 0.3) is 10.4 Å². The van der Waals surface area contributed by atoms with Gasteiger partial charge >= 0.3 is 5.97 Å². The van der Waals surface area contributed by atoms with E-state index in [1.165, 1.54) is 11.3 Å². The molecule has 4 nitrogen and oxygen atoms in total. The molecule has 3 rings (SSSR count). The van der Waals surface area contributed by atoms with Crippen LogP contribution in [0.2, 0.25) is 5.02 Å². The number of hydrogen-bond donors (Lipinski definition) is 1. The van der Waals surface area contributed by atoms with Crippen molar-refractivity contribution in [1.82, 2.24) is 0 Å². The minimum absolute atomic E-state index is 0.235. The summed E-state index contributed by atoms with van der Waals surface area (Å²) in [6, 6.07) is 7.24. The number of ether oxygens (including phenoxy) is 1. The summed E-state index contributed by atoms with van der Waals surface area (Å²) in [6.07, 6.45) is 3.03. The molecule has 0 aliphatic carbocycles. The maximum absolute atomic E-state index is 11.7. The Morgan fingerprint density at radius 3 is 2.71 bits per heavy atom. The second kappa shape index (κ2) is 7.18. The molecule has 2 heterocycles. The van der Waals surface area contributed by atoms with Crippen molar-refractivity contribution in [3.63, 3.8) is 0 Å². The Kier molecular flexibility index (Phi) is 5.00. The van der Waals surface area contributed by atoms with E-state index in [2.05, 4.69) is 4.85 Å². The second-order valence-electron chi connectivity index (χ2n) is 5.36. The highest BCUT2D eigenvalue weighted by Crippen LogP contribution is 2.43. The van der Waals surface area contributed by atoms with Gasteiger partial charge in [0.2, 0.25) is 5.69 Å². The predicted octanol–water partition coefficient (Wildman–Crippen LogP) is 5.04. The summed E-state index contributed by atoms with van der Waals surface area (Å²) < 4.78 is 5.31. The van der Waals surface area contributed by atoms with E-state index < -0.39 is 5.97 Å². The minimum atomic E-state index is -0.993. The molecule has 1 aromatic carbocycles. The van der Waals surface area contributed by atoms with Gasteiger partial charge in [0.05, 0.1) is 19.8 Å². The molecule has 0 bridgehead atoms. The van der Waals surface area contributed by atoms with Gasteiger partial charge in [0.1, 0.15) is 4.88 Å². The van der Waals surface area contributed by atoms with E-state index in [4.69, 9.17) is 22.9 Å². The normalized spacial score (nSPS) is 14.1. The molecule has 0 saturated carbocycles. The van der Waals surface area contributed by atoms with Crippen molar-refractivity contribution in [1.29, 1.82) is 0 Å². The van der Waals surface area contributed by atoms with Gasteiger partial charge in [-0.1, -0.05) is 29.8 Å². The number of carboxylic acids is 1. The topological polar surface area (TPSA) is 50.9 Å². The van der Waals surface area contributed by atoms with Gasteiger partial charge in [-0.2, -0.15) is 0 Å². The van der Waals surface area contributed by atoms with Gasteiger partial charge in [0.25, 0.3) is 0 Å². The lowest BCUT2D eigenvalue weighted by Gasteiger charge is -2.12. The summed E-state index contributed by atoms with van der Waals surface area (Å²) in [6.45, 7) is 8.65. The summed E-state index contributed by atoms with van der Waals surface area (Å²) in [5.74, 6) is -0.993. The Morgan fingerprint density at radius 1 is 1.38 bits per heavy atom. The molecule has 1 aromatic heterocycles. The van der Waals surface area contributed by atoms with E-state index >= 15 is 0 Å². The summed E-state index contributed by atoms with van der Waals surface area (Å²) in [5, 5.41) is 10.2. The molecule has 1 N–H and O–H groups in total. The highest BCUT2D eigenvalue weighted by molar-refractivity contribution is 7.15. The van der Waals surface area contributed by atoms with Crippen LogP contribution in [0.3, 0.4) is 0 Å². The largest absolute Gasteiger partial charge is 0.477 e. The summed E-state index contributed by atoms with van der Waals surface area (Å²) in [5.41, 5.74) is 2.95. The highest BCUT2D eigenvalue weighted by atomic mass is 35.5. The maximum atomic E-state index is 11.7. The fourth-order valence-corrected chi connectivity index (χ4v) is 3.96. The second-order valence-corrected chi connectivity index (χ2v) is 6.82. The summed E-state index contributed by atoms with van der Waals surface area (Å²) >= 11 is 7.09. The number of rotatable bonds is 4. The fourth-order valence-electron chi connectivity index (χ4n) is 2.67. The Morgan fingerprint density at radius 2 is 2.12 bits per heavy atom. The number of carboxylic acid groups (broad SMARTS) is 1. The van der Waals surface area contributed by atoms with Gasteiger partial charge in [-0.15, -0.1) is 11.3 Å². The number of halogens is 1. The third-order valence-corrected chi connectivity index (χ3v) is 5.37. The molecule has 0 saturated heterocycles. The Balaban J connectivity index is 2.07. The van der Waals surface area contributed by atoms with Crippen molar-refractivity contribution >= 4 is 40.2 Å². The first-order valence-electron chi connectivity index (χ1n) is 7.38. The van der Waals surface area contributed by atoms with E-state index in [1.807, 2.05) is 18.2 Å². The first-order chi connectivity index (χ1) is 11.6. The third kappa shape index (κ3) is 3.36. The molecule has 1 aliphatic rings. The Bertz CT molecular complexity index is 846. The molecule has 0 fully saturated rings. The molecule has 0 atom stereocenters. The van der Waals surface area contributed by atoms with Crippen LogP contribution in [0.4, 0.5) is 5.69 Å². The molecule has 0 radical (unpaired) electrons. The van der Waals surface area contributed by atoms with E-state index in [9.17, 15) is 9.90 Å². The quantitative estimate of drug-likeness (QED) is 0.777. The zero-order valence-electron chi connectivity index (χ0n) is 12.7. The number of benzene rings is 1. The molecule has 2 aromatic rings. The van der Waals surface area contributed by atoms with Crippen molar-refractivity contribution in [2.45, 2.75) is 12.8 Å². The SMILES string of the molecule is [C-]#[N+]c1c(C2=CCOCC2)sc(C(=O)O)c1Cc1ccc(Cl)cc1. The molecule has 0 unspecified atom stereocenters. The van der Waals surface area contributed by atoms with Gasteiger partial charge in [0, 0.05) is 9.90 Å². The fraction of sp³-hybridized carbons (Fsp3) is 0.222. The lowest BCUT2D eigenvalue weighted by Crippen LogP contribution is -2.02. The van der Waals surface area contributed by atoms with Gasteiger partial charge in [-0.25, -0.2) is 9.64 Å². The zero-order valence-corrected chi connectivity index (χ0v) is 14.3. The molecule has 0 amide bonds. The molecule has 24 heavy (non-hydrogen) atoms. The standard InChI is InChI=1S/C18H14ClNO3S/c1-20-15-14(10-11-2-4-13(19)5-3-11)17(18(21)22)24-16(15)12-6-8-23-9-7-12/h2-6H,7-10H2,(H,21,22). The number of aromatic carboxylic acids is 1. The van der Waals surface area contributed by atoms with Crippen LogP contribution in [0, 0.1) is 6.57 Å². The first kappa shape index (κ1) is 16.7. The van der Waals surface area contributed by atoms with Gasteiger partial charge in [-0.3, -0.25) is 0 Å². The first-order valence-corrected chi connectivity index (χ1v) is 8.57. The third-order valence-electron chi connectivity index (χ3n) is 3.83. The monoisotopic (exact) mass is 359 g/mol. The average Bonchev–Trinajstić information content (AvgIpc) is 2.96. The number of nitrogens with zero attached hydrogens (tertiary/aromatic N) is 1. The number of hydrogen-bond acceptors (Lipinski definition) is 3. The van der Waals surface area contributed by atoms with Crippen molar-refractivity contribution in [2.24, 2.45) is 0 Å². The van der Waals surface area contributed by atoms with Crippen molar-refractivity contribution in [2.75, 3.05) is 13.2 Å². The van der Waals surface area contributed by atoms with Crippen molar-refractivity contribution in [3.05, 3.63) is 67.7 Å². The van der Waals surface area contributed by atoms with Crippen LogP contribution in [-0.2, 0) is 11.2 Å². The van der Waals surface area contributed by atoms with E-state index in [0.717, 1.165) is 16.0 Å². The van der Waals surface area contributed by atoms with E-state index in [1.54, 1.807) is 12.1 Å². The van der Waals surface area contributed by atoms with E-state index in [0.29, 0.717) is 42.3 Å². The molecular formula is C18H14ClNO3S. The zero-order chi connectivity index (χ0) is 17.1. The lowest BCUT2D eigenvalue weighted by molar-refractivity contribution is 0.0701. The summed E-state index contributed by atoms with van der Waals surface area (Å²) in [4.78, 5) is 16.3. The molecule has 1 aliphatic heterocycles. The van der Waals surface area contributed by atoms with Gasteiger partial charge in [0.15, 0.2) is 0 Å². The van der Waals surface area contributed by atoms with Crippen LogP contribution in [0.1, 0.15) is 32.1 Å². The van der Waals surface area contributed by atoms with Crippen LogP contribution in [-0.4, -0.2) is 24.3 Å². The highest BCUT2D eigenvalue weighted by Gasteiger charge is 2.25. The smallest absolute Gasteiger partial charge is 0.344 e. The van der Waals surface area contributed by atoms with Crippen LogP contribution in [0.15, 0.2) is 30.3 Å². The number of carbonyl (C=O) groups is 1. The van der Waals surface area contributed by atoms with Crippen LogP contribution >= 0.6 is 22.9 Å². The minimum Gasteiger partial charge on any atom is -0.477 e. The Labute approximate surface area is 148 Å². The van der Waals surface area contributed by atoms with E-state index in [-0.39, 0.29) is 4.88 Å². The molecule has 122 valence electrons. The molecular weight excluding hydrogens is 346 g/mol. The molecule has 6 heteroatoms. The number of thiophene rings is 1. The summed E-state index contributed by atoms with van der Waals surface area (Å²) in [7, 11) is 0. The van der Waals surface area contributed by atoms with Crippen molar-refractivity contribution < 1.29 is 14.6 Å². The van der Waals surface area contributed by atoms with Gasteiger partial charge in [-0.05, 0) is 41.7 Å². The van der Waals surface area contributed by atoms with Gasteiger partial charge < -0.3 is 9.84 Å². The van der Waals surface area contributed by atoms with Crippen LogP contribution < -0.4 is 0 Å². The van der Waals surface area contributed by atoms with Crippen molar-refractivity contribution in [3.8, 4) is 0 Å². The average molecular weight is 360 g/mol.